The van der Waals surface area contributed by atoms with Gasteiger partial charge >= 0.3 is 5.97 Å². The second-order valence-corrected chi connectivity index (χ2v) is 7.90. The van der Waals surface area contributed by atoms with Crippen molar-refractivity contribution < 1.29 is 37.9 Å². The summed E-state index contributed by atoms with van der Waals surface area (Å²) in [5.74, 6) is 1.66. The Labute approximate surface area is 179 Å². The highest BCUT2D eigenvalue weighted by atomic mass is 16.7. The van der Waals surface area contributed by atoms with E-state index in [1.54, 1.807) is 19.2 Å². The number of hydroxylamine groups is 3. The van der Waals surface area contributed by atoms with Gasteiger partial charge in [0.25, 0.3) is 0 Å². The van der Waals surface area contributed by atoms with Crippen LogP contribution in [0.15, 0.2) is 18.2 Å². The van der Waals surface area contributed by atoms with Gasteiger partial charge in [-0.1, -0.05) is 6.07 Å². The van der Waals surface area contributed by atoms with E-state index in [4.69, 9.17) is 28.4 Å². The van der Waals surface area contributed by atoms with Crippen LogP contribution >= 0.6 is 0 Å². The number of likely N-dealkylation sites (N-methyl/N-ethyl adjacent to an activating group) is 1. The molecule has 2 aromatic rings. The van der Waals surface area contributed by atoms with E-state index in [9.17, 15) is 10.0 Å². The summed E-state index contributed by atoms with van der Waals surface area (Å²) in [6, 6.07) is 4.59. The van der Waals surface area contributed by atoms with Crippen LogP contribution in [0.4, 0.5) is 0 Å². The van der Waals surface area contributed by atoms with Crippen molar-refractivity contribution in [2.45, 2.75) is 18.6 Å². The summed E-state index contributed by atoms with van der Waals surface area (Å²) < 4.78 is 32.8. The van der Waals surface area contributed by atoms with E-state index in [-0.39, 0.29) is 12.4 Å². The zero-order valence-corrected chi connectivity index (χ0v) is 17.7. The molecule has 0 saturated heterocycles. The normalized spacial score (nSPS) is 25.5. The number of benzene rings is 2. The van der Waals surface area contributed by atoms with E-state index in [1.807, 2.05) is 6.07 Å². The number of esters is 1. The molecule has 164 valence electrons. The Balaban J connectivity index is 1.72. The van der Waals surface area contributed by atoms with Gasteiger partial charge < -0.3 is 38.3 Å². The van der Waals surface area contributed by atoms with Crippen LogP contribution < -0.4 is 23.7 Å². The van der Waals surface area contributed by atoms with E-state index in [1.165, 1.54) is 21.3 Å². The molecule has 0 saturated carbocycles. The molecule has 0 radical (unpaired) electrons. The van der Waals surface area contributed by atoms with Crippen LogP contribution in [0.2, 0.25) is 0 Å². The Bertz CT molecular complexity index is 1080. The third-order valence-corrected chi connectivity index (χ3v) is 6.27. The van der Waals surface area contributed by atoms with Gasteiger partial charge in [-0.25, -0.2) is 4.79 Å². The highest BCUT2D eigenvalue weighted by molar-refractivity contribution is 5.98. The molecule has 0 aliphatic carbocycles. The second kappa shape index (κ2) is 6.93. The van der Waals surface area contributed by atoms with E-state index >= 15 is 0 Å². The molecule has 3 aliphatic heterocycles. The van der Waals surface area contributed by atoms with Crippen molar-refractivity contribution in [3.8, 4) is 28.7 Å². The SMILES string of the molecule is COc1ccc2c(c1OC)C(=O)O[C@@H]2[C@@H]1c2c(cc3c(c2OC)OCO3)CC[N@+]1(C)[O-]. The molecule has 0 amide bonds. The van der Waals surface area contributed by atoms with Gasteiger partial charge in [-0.15, -0.1) is 0 Å². The van der Waals surface area contributed by atoms with E-state index in [0.717, 1.165) is 5.56 Å². The van der Waals surface area contributed by atoms with Crippen molar-refractivity contribution in [2.75, 3.05) is 41.7 Å². The maximum absolute atomic E-state index is 13.7. The predicted molar refractivity (Wildman–Crippen MR) is 108 cm³/mol. The fourth-order valence-electron chi connectivity index (χ4n) is 4.87. The maximum Gasteiger partial charge on any atom is 0.343 e. The molecule has 0 bridgehead atoms. The van der Waals surface area contributed by atoms with Crippen LogP contribution in [0, 0.1) is 5.21 Å². The number of nitrogens with zero attached hydrogens (tertiary/aromatic N) is 1. The lowest BCUT2D eigenvalue weighted by Gasteiger charge is -2.50. The number of cyclic esters (lactones) is 1. The molecule has 31 heavy (non-hydrogen) atoms. The molecule has 5 rings (SSSR count). The molecule has 9 heteroatoms. The van der Waals surface area contributed by atoms with Crippen LogP contribution in [0.3, 0.4) is 0 Å². The molecular weight excluding hydrogens is 406 g/mol. The number of carbonyl (C=O) groups excluding carboxylic acids is 1. The van der Waals surface area contributed by atoms with Crippen molar-refractivity contribution in [1.29, 1.82) is 0 Å². The standard InChI is InChI=1S/C22H23NO8/c1-23(25)8-7-11-9-14-20(30-10-29-14)21(28-4)15(11)17(23)18-12-5-6-13(26-2)19(27-3)16(12)22(24)31-18/h5-6,9,17-18H,7-8,10H2,1-4H3/t17-,18-,23-/m0/s1. The number of rotatable bonds is 4. The number of hydrogen-bond acceptors (Lipinski definition) is 8. The number of carbonyl (C=O) groups is 1. The number of hydrogen-bond donors (Lipinski definition) is 0. The fourth-order valence-corrected chi connectivity index (χ4v) is 4.87. The van der Waals surface area contributed by atoms with E-state index in [2.05, 4.69) is 0 Å². The number of methoxy groups -OCH3 is 3. The first-order chi connectivity index (χ1) is 14.9. The first-order valence-corrected chi connectivity index (χ1v) is 9.92. The molecule has 0 aromatic heterocycles. The first kappa shape index (κ1) is 19.8. The van der Waals surface area contributed by atoms with Crippen molar-refractivity contribution in [2.24, 2.45) is 0 Å². The first-order valence-electron chi connectivity index (χ1n) is 9.92. The number of quaternary nitrogens is 1. The van der Waals surface area contributed by atoms with Gasteiger partial charge in [0.1, 0.15) is 5.56 Å². The molecule has 0 unspecified atom stereocenters. The van der Waals surface area contributed by atoms with Gasteiger partial charge in [0.2, 0.25) is 12.5 Å². The molecule has 0 spiro atoms. The molecule has 9 nitrogen and oxygen atoms in total. The minimum atomic E-state index is -0.821. The molecule has 0 N–H and O–H groups in total. The average molecular weight is 429 g/mol. The van der Waals surface area contributed by atoms with Crippen molar-refractivity contribution in [3.63, 3.8) is 0 Å². The Morgan fingerprint density at radius 3 is 2.58 bits per heavy atom. The van der Waals surface area contributed by atoms with Crippen molar-refractivity contribution >= 4 is 5.97 Å². The van der Waals surface area contributed by atoms with Gasteiger partial charge in [-0.3, -0.25) is 0 Å². The zero-order chi connectivity index (χ0) is 21.9. The monoisotopic (exact) mass is 429 g/mol. The third kappa shape index (κ3) is 2.73. The summed E-state index contributed by atoms with van der Waals surface area (Å²) in [6.07, 6.45) is -0.281. The average Bonchev–Trinajstić information content (AvgIpc) is 3.35. The topological polar surface area (TPSA) is 95.5 Å². The van der Waals surface area contributed by atoms with Crippen LogP contribution in [-0.4, -0.2) is 52.3 Å². The van der Waals surface area contributed by atoms with Crippen LogP contribution in [-0.2, 0) is 11.2 Å². The highest BCUT2D eigenvalue weighted by Crippen LogP contribution is 2.56. The second-order valence-electron chi connectivity index (χ2n) is 7.90. The lowest BCUT2D eigenvalue weighted by molar-refractivity contribution is -0.899. The largest absolute Gasteiger partial charge is 0.632 e. The Hall–Kier alpha value is -3.17. The summed E-state index contributed by atoms with van der Waals surface area (Å²) in [4.78, 5) is 12.9. The number of fused-ring (bicyclic) bond motifs is 3. The molecule has 0 fully saturated rings. The minimum absolute atomic E-state index is 0.0843. The van der Waals surface area contributed by atoms with Crippen LogP contribution in [0.25, 0.3) is 0 Å². The third-order valence-electron chi connectivity index (χ3n) is 6.27. The lowest BCUT2D eigenvalue weighted by atomic mass is 9.85. The Morgan fingerprint density at radius 1 is 1.10 bits per heavy atom. The van der Waals surface area contributed by atoms with Crippen molar-refractivity contribution in [3.05, 3.63) is 45.7 Å². The van der Waals surface area contributed by atoms with Crippen molar-refractivity contribution in [1.82, 2.24) is 0 Å². The fraction of sp³-hybridized carbons (Fsp3) is 0.409. The summed E-state index contributed by atoms with van der Waals surface area (Å²) in [5, 5.41) is 13.7. The summed E-state index contributed by atoms with van der Waals surface area (Å²) in [5.41, 5.74) is 2.46. The molecule has 3 heterocycles. The molecular formula is C22H23NO8. The minimum Gasteiger partial charge on any atom is -0.632 e. The lowest BCUT2D eigenvalue weighted by Crippen LogP contribution is -2.48. The van der Waals surface area contributed by atoms with Gasteiger partial charge in [-0.05, 0) is 17.7 Å². The highest BCUT2D eigenvalue weighted by Gasteiger charge is 2.50. The smallest absolute Gasteiger partial charge is 0.343 e. The quantitative estimate of drug-likeness (QED) is 0.416. The van der Waals surface area contributed by atoms with Crippen LogP contribution in [0.1, 0.15) is 39.2 Å². The Morgan fingerprint density at radius 2 is 1.87 bits per heavy atom. The predicted octanol–water partition coefficient (Wildman–Crippen LogP) is 2.89. The van der Waals surface area contributed by atoms with Gasteiger partial charge in [0, 0.05) is 12.0 Å². The van der Waals surface area contributed by atoms with Gasteiger partial charge in [0.05, 0.1) is 40.5 Å². The van der Waals surface area contributed by atoms with E-state index < -0.39 is 22.8 Å². The molecule has 3 atom stereocenters. The molecule has 2 aromatic carbocycles. The van der Waals surface area contributed by atoms with Gasteiger partial charge in [-0.2, -0.15) is 0 Å². The maximum atomic E-state index is 13.7. The summed E-state index contributed by atoms with van der Waals surface area (Å²) in [7, 11) is 6.08. The van der Waals surface area contributed by atoms with Gasteiger partial charge in [0.15, 0.2) is 35.1 Å². The van der Waals surface area contributed by atoms with Crippen LogP contribution in [0.5, 0.6) is 28.7 Å². The summed E-state index contributed by atoms with van der Waals surface area (Å²) in [6.45, 7) is 0.401. The Kier molecular flexibility index (Phi) is 4.42. The molecule has 3 aliphatic rings. The number of ether oxygens (including phenoxy) is 6. The summed E-state index contributed by atoms with van der Waals surface area (Å²) >= 11 is 0. The van der Waals surface area contributed by atoms with E-state index in [0.29, 0.717) is 52.8 Å². The zero-order valence-electron chi connectivity index (χ0n) is 17.7.